The van der Waals surface area contributed by atoms with Crippen LogP contribution in [-0.2, 0) is 16.1 Å². The van der Waals surface area contributed by atoms with Gasteiger partial charge in [0.05, 0.1) is 5.41 Å². The van der Waals surface area contributed by atoms with Gasteiger partial charge in [-0.15, -0.1) is 0 Å². The van der Waals surface area contributed by atoms with Gasteiger partial charge in [0.15, 0.2) is 11.6 Å². The molecule has 1 N–H and O–H groups in total. The van der Waals surface area contributed by atoms with Gasteiger partial charge in [-0.2, -0.15) is 0 Å². The average Bonchev–Trinajstić information content (AvgIpc) is 3.05. The van der Waals surface area contributed by atoms with Crippen LogP contribution in [0.2, 0.25) is 0 Å². The summed E-state index contributed by atoms with van der Waals surface area (Å²) in [6, 6.07) is 4.20. The van der Waals surface area contributed by atoms with Gasteiger partial charge in [0.2, 0.25) is 11.8 Å². The topological polar surface area (TPSA) is 52.7 Å². The van der Waals surface area contributed by atoms with Gasteiger partial charge in [0, 0.05) is 44.2 Å². The van der Waals surface area contributed by atoms with Crippen molar-refractivity contribution in [1.29, 1.82) is 0 Å². The second-order valence-corrected chi connectivity index (χ2v) is 8.32. The number of hydrogen-bond donors (Lipinski definition) is 1. The Morgan fingerprint density at radius 2 is 2.04 bits per heavy atom. The number of carbonyl (C=O) groups is 2. The van der Waals surface area contributed by atoms with Gasteiger partial charge in [-0.1, -0.05) is 12.1 Å². The van der Waals surface area contributed by atoms with Crippen molar-refractivity contribution in [2.45, 2.75) is 52.1 Å². The van der Waals surface area contributed by atoms with Crippen LogP contribution in [0.1, 0.15) is 45.1 Å². The summed E-state index contributed by atoms with van der Waals surface area (Å²) in [5.41, 5.74) is -0.248. The van der Waals surface area contributed by atoms with Crippen molar-refractivity contribution >= 4 is 11.8 Å². The molecule has 0 aromatic heterocycles. The second kappa shape index (κ2) is 8.55. The fraction of sp³-hybridized carbons (Fsp3) is 0.619. The van der Waals surface area contributed by atoms with Gasteiger partial charge < -0.3 is 15.1 Å². The lowest BCUT2D eigenvalue weighted by atomic mass is 9.78. The van der Waals surface area contributed by atoms with E-state index < -0.39 is 17.0 Å². The SMILES string of the molecule is CC(C)NC(=O)CCN1CCC2(CCCN(Cc3cccc(F)c3F)C2=O)C1. The summed E-state index contributed by atoms with van der Waals surface area (Å²) in [6.07, 6.45) is 2.83. The molecule has 7 heteroatoms. The molecule has 0 aliphatic carbocycles. The van der Waals surface area contributed by atoms with E-state index in [4.69, 9.17) is 0 Å². The van der Waals surface area contributed by atoms with E-state index in [0.29, 0.717) is 26.1 Å². The van der Waals surface area contributed by atoms with Crippen LogP contribution in [0.3, 0.4) is 0 Å². The van der Waals surface area contributed by atoms with Crippen LogP contribution in [0.5, 0.6) is 0 Å². The van der Waals surface area contributed by atoms with Gasteiger partial charge in [-0.05, 0) is 45.7 Å². The van der Waals surface area contributed by atoms with Crippen LogP contribution in [0.4, 0.5) is 8.78 Å². The molecule has 1 unspecified atom stereocenters. The standard InChI is InChI=1S/C21H29F2N3O2/c1-15(2)24-18(27)7-11-25-12-9-21(14-25)8-4-10-26(20(21)28)13-16-5-3-6-17(22)19(16)23/h3,5-6,15H,4,7-14H2,1-2H3,(H,24,27). The number of benzene rings is 1. The number of likely N-dealkylation sites (tertiary alicyclic amines) is 2. The van der Waals surface area contributed by atoms with E-state index in [2.05, 4.69) is 10.2 Å². The molecular formula is C21H29F2N3O2. The zero-order chi connectivity index (χ0) is 20.3. The molecule has 154 valence electrons. The maximum Gasteiger partial charge on any atom is 0.230 e. The lowest BCUT2D eigenvalue weighted by molar-refractivity contribution is -0.146. The molecule has 2 heterocycles. The van der Waals surface area contributed by atoms with Crippen molar-refractivity contribution in [3.05, 3.63) is 35.4 Å². The zero-order valence-corrected chi connectivity index (χ0v) is 16.6. The maximum absolute atomic E-state index is 14.0. The molecule has 2 aliphatic rings. The molecule has 0 saturated carbocycles. The molecule has 2 fully saturated rings. The number of nitrogens with zero attached hydrogens (tertiary/aromatic N) is 2. The monoisotopic (exact) mass is 393 g/mol. The molecule has 2 aliphatic heterocycles. The van der Waals surface area contributed by atoms with Gasteiger partial charge in [-0.3, -0.25) is 9.59 Å². The van der Waals surface area contributed by atoms with Gasteiger partial charge in [-0.25, -0.2) is 8.78 Å². The zero-order valence-electron chi connectivity index (χ0n) is 16.6. The van der Waals surface area contributed by atoms with Gasteiger partial charge in [0.25, 0.3) is 0 Å². The number of amides is 2. The van der Waals surface area contributed by atoms with Crippen LogP contribution in [0.15, 0.2) is 18.2 Å². The lowest BCUT2D eigenvalue weighted by Crippen LogP contribution is -2.49. The van der Waals surface area contributed by atoms with Crippen LogP contribution in [0, 0.1) is 17.0 Å². The van der Waals surface area contributed by atoms with Crippen LogP contribution < -0.4 is 5.32 Å². The molecule has 2 amide bonds. The summed E-state index contributed by atoms with van der Waals surface area (Å²) in [6.45, 7) is 6.56. The van der Waals surface area contributed by atoms with Crippen molar-refractivity contribution in [1.82, 2.24) is 15.1 Å². The molecule has 0 radical (unpaired) electrons. The Labute approximate surface area is 165 Å². The Kier molecular flexibility index (Phi) is 6.33. The summed E-state index contributed by atoms with van der Waals surface area (Å²) in [5.74, 6) is -1.71. The first-order valence-corrected chi connectivity index (χ1v) is 10.0. The van der Waals surface area contributed by atoms with Crippen LogP contribution >= 0.6 is 0 Å². The number of rotatable bonds is 6. The Morgan fingerprint density at radius 3 is 2.79 bits per heavy atom. The van der Waals surface area contributed by atoms with Crippen molar-refractivity contribution < 1.29 is 18.4 Å². The molecule has 28 heavy (non-hydrogen) atoms. The first-order chi connectivity index (χ1) is 13.3. The summed E-state index contributed by atoms with van der Waals surface area (Å²) >= 11 is 0. The minimum atomic E-state index is -0.886. The van der Waals surface area contributed by atoms with Crippen LogP contribution in [-0.4, -0.2) is 53.8 Å². The molecule has 5 nitrogen and oxygen atoms in total. The first-order valence-electron chi connectivity index (χ1n) is 10.0. The number of halogens is 2. The number of nitrogens with one attached hydrogen (secondary N) is 1. The normalized spacial score (nSPS) is 23.0. The molecule has 2 saturated heterocycles. The Hall–Kier alpha value is -2.02. The summed E-state index contributed by atoms with van der Waals surface area (Å²) in [5, 5.41) is 2.88. The Morgan fingerprint density at radius 1 is 1.25 bits per heavy atom. The van der Waals surface area contributed by atoms with Gasteiger partial charge >= 0.3 is 0 Å². The van der Waals surface area contributed by atoms with Crippen molar-refractivity contribution in [3.8, 4) is 0 Å². The third-order valence-electron chi connectivity index (χ3n) is 5.75. The molecule has 0 bridgehead atoms. The Bertz CT molecular complexity index is 740. The number of piperidine rings is 1. The van der Waals surface area contributed by atoms with E-state index in [-0.39, 0.29) is 30.0 Å². The molecular weight excluding hydrogens is 364 g/mol. The van der Waals surface area contributed by atoms with E-state index in [1.165, 1.54) is 12.1 Å². The van der Waals surface area contributed by atoms with Crippen LogP contribution in [0.25, 0.3) is 0 Å². The van der Waals surface area contributed by atoms with E-state index in [0.717, 1.165) is 31.9 Å². The predicted octanol–water partition coefficient (Wildman–Crippen LogP) is 2.69. The van der Waals surface area contributed by atoms with E-state index in [1.807, 2.05) is 13.8 Å². The lowest BCUT2D eigenvalue weighted by Gasteiger charge is -2.39. The highest BCUT2D eigenvalue weighted by Gasteiger charge is 2.48. The van der Waals surface area contributed by atoms with E-state index >= 15 is 0 Å². The molecule has 1 aromatic carbocycles. The number of hydrogen-bond acceptors (Lipinski definition) is 3. The minimum Gasteiger partial charge on any atom is -0.354 e. The molecule has 1 spiro atoms. The van der Waals surface area contributed by atoms with E-state index in [1.54, 1.807) is 4.90 Å². The molecule has 1 aromatic rings. The molecule has 3 rings (SSSR count). The second-order valence-electron chi connectivity index (χ2n) is 8.32. The fourth-order valence-electron chi connectivity index (χ4n) is 4.36. The number of carbonyl (C=O) groups excluding carboxylic acids is 2. The third kappa shape index (κ3) is 4.51. The molecule has 1 atom stereocenters. The average molecular weight is 393 g/mol. The summed E-state index contributed by atoms with van der Waals surface area (Å²) < 4.78 is 27.5. The smallest absolute Gasteiger partial charge is 0.230 e. The largest absolute Gasteiger partial charge is 0.354 e. The fourth-order valence-corrected chi connectivity index (χ4v) is 4.36. The maximum atomic E-state index is 14.0. The highest BCUT2D eigenvalue weighted by atomic mass is 19.2. The minimum absolute atomic E-state index is 0.0223. The predicted molar refractivity (Wildman–Crippen MR) is 102 cm³/mol. The quantitative estimate of drug-likeness (QED) is 0.809. The highest BCUT2D eigenvalue weighted by molar-refractivity contribution is 5.84. The van der Waals surface area contributed by atoms with E-state index in [9.17, 15) is 18.4 Å². The van der Waals surface area contributed by atoms with Crippen molar-refractivity contribution in [2.24, 2.45) is 5.41 Å². The first kappa shape index (κ1) is 20.7. The Balaban J connectivity index is 1.61. The highest BCUT2D eigenvalue weighted by Crippen LogP contribution is 2.40. The summed E-state index contributed by atoms with van der Waals surface area (Å²) in [4.78, 5) is 28.9. The third-order valence-corrected chi connectivity index (χ3v) is 5.75. The van der Waals surface area contributed by atoms with Crippen molar-refractivity contribution in [2.75, 3.05) is 26.2 Å². The summed E-state index contributed by atoms with van der Waals surface area (Å²) in [7, 11) is 0. The van der Waals surface area contributed by atoms with Gasteiger partial charge in [0.1, 0.15) is 0 Å². The van der Waals surface area contributed by atoms with Crippen molar-refractivity contribution in [3.63, 3.8) is 0 Å².